The summed E-state index contributed by atoms with van der Waals surface area (Å²) < 4.78 is 0. The predicted molar refractivity (Wildman–Crippen MR) is 70.2 cm³/mol. The lowest BCUT2D eigenvalue weighted by atomic mass is 10.00. The van der Waals surface area contributed by atoms with Gasteiger partial charge in [0.15, 0.2) is 5.69 Å². The topological polar surface area (TPSA) is 82.0 Å². The molecule has 1 heterocycles. The van der Waals surface area contributed by atoms with Crippen LogP contribution in [-0.2, 0) is 0 Å². The summed E-state index contributed by atoms with van der Waals surface area (Å²) in [4.78, 5) is 14.7. The Balaban J connectivity index is 2.73. The molecule has 18 heavy (non-hydrogen) atoms. The van der Waals surface area contributed by atoms with Crippen LogP contribution in [0, 0.1) is 24.0 Å². The van der Waals surface area contributed by atoms with Crippen LogP contribution in [0.25, 0.3) is 11.3 Å². The summed E-state index contributed by atoms with van der Waals surface area (Å²) in [6.45, 7) is 3.87. The number of aromatic nitrogens is 1. The molecule has 1 aromatic carbocycles. The first kappa shape index (κ1) is 12.0. The Hall–Kier alpha value is -2.43. The summed E-state index contributed by atoms with van der Waals surface area (Å²) in [5.41, 5.74) is 8.69. The molecule has 0 unspecified atom stereocenters. The van der Waals surface area contributed by atoms with Gasteiger partial charge >= 0.3 is 0 Å². The average molecular weight is 243 g/mol. The SMILES string of the molecule is Cc1cccc(-c2nc(N)ccc2[N+](=O)[O-])c1C. The first-order valence-corrected chi connectivity index (χ1v) is 5.48. The van der Waals surface area contributed by atoms with Gasteiger partial charge < -0.3 is 5.73 Å². The second-order valence-electron chi connectivity index (χ2n) is 4.11. The minimum Gasteiger partial charge on any atom is -0.384 e. The van der Waals surface area contributed by atoms with Gasteiger partial charge in [-0.25, -0.2) is 4.98 Å². The second-order valence-corrected chi connectivity index (χ2v) is 4.11. The van der Waals surface area contributed by atoms with Gasteiger partial charge in [0.1, 0.15) is 5.82 Å². The molecule has 5 nitrogen and oxygen atoms in total. The summed E-state index contributed by atoms with van der Waals surface area (Å²) in [5, 5.41) is 11.0. The van der Waals surface area contributed by atoms with Gasteiger partial charge in [0.2, 0.25) is 0 Å². The van der Waals surface area contributed by atoms with E-state index in [0.717, 1.165) is 16.7 Å². The molecule has 92 valence electrons. The van der Waals surface area contributed by atoms with E-state index < -0.39 is 4.92 Å². The van der Waals surface area contributed by atoms with Gasteiger partial charge in [-0.1, -0.05) is 18.2 Å². The first-order valence-electron chi connectivity index (χ1n) is 5.48. The Bertz CT molecular complexity index is 624. The lowest BCUT2D eigenvalue weighted by Crippen LogP contribution is -1.99. The molecule has 2 aromatic rings. The number of anilines is 1. The molecule has 1 aromatic heterocycles. The minimum absolute atomic E-state index is 0.0297. The molecule has 0 saturated carbocycles. The number of pyridine rings is 1. The molecule has 0 aliphatic heterocycles. The average Bonchev–Trinajstić information content (AvgIpc) is 2.32. The zero-order valence-electron chi connectivity index (χ0n) is 10.2. The van der Waals surface area contributed by atoms with Crippen molar-refractivity contribution in [2.75, 3.05) is 5.73 Å². The van der Waals surface area contributed by atoms with Crippen LogP contribution >= 0.6 is 0 Å². The maximum atomic E-state index is 11.0. The van der Waals surface area contributed by atoms with E-state index in [2.05, 4.69) is 4.98 Å². The van der Waals surface area contributed by atoms with E-state index in [0.29, 0.717) is 5.69 Å². The Morgan fingerprint density at radius 2 is 1.94 bits per heavy atom. The van der Waals surface area contributed by atoms with Crippen molar-refractivity contribution in [1.29, 1.82) is 0 Å². The van der Waals surface area contributed by atoms with Crippen LogP contribution in [0.3, 0.4) is 0 Å². The smallest absolute Gasteiger partial charge is 0.295 e. The van der Waals surface area contributed by atoms with Gasteiger partial charge in [0.25, 0.3) is 5.69 Å². The molecule has 0 bridgehead atoms. The Morgan fingerprint density at radius 3 is 2.61 bits per heavy atom. The third kappa shape index (κ3) is 2.02. The Labute approximate surface area is 104 Å². The van der Waals surface area contributed by atoms with E-state index in [1.807, 2.05) is 32.0 Å². The quantitative estimate of drug-likeness (QED) is 0.649. The van der Waals surface area contributed by atoms with E-state index in [9.17, 15) is 10.1 Å². The second kappa shape index (κ2) is 4.44. The van der Waals surface area contributed by atoms with Gasteiger partial charge in [0, 0.05) is 11.6 Å². The third-order valence-corrected chi connectivity index (χ3v) is 2.95. The number of nitro groups is 1. The van der Waals surface area contributed by atoms with Crippen molar-refractivity contribution in [1.82, 2.24) is 4.98 Å². The molecule has 0 radical (unpaired) electrons. The maximum Gasteiger partial charge on any atom is 0.295 e. The van der Waals surface area contributed by atoms with Crippen LogP contribution < -0.4 is 5.73 Å². The van der Waals surface area contributed by atoms with Gasteiger partial charge in [-0.2, -0.15) is 0 Å². The number of benzene rings is 1. The predicted octanol–water partition coefficient (Wildman–Crippen LogP) is 2.86. The Kier molecular flexibility index (Phi) is 2.97. The highest BCUT2D eigenvalue weighted by Crippen LogP contribution is 2.31. The summed E-state index contributed by atoms with van der Waals surface area (Å²) in [5.74, 6) is 0.275. The molecule has 0 saturated heterocycles. The molecular weight excluding hydrogens is 230 g/mol. The molecule has 2 rings (SSSR count). The van der Waals surface area contributed by atoms with Gasteiger partial charge in [-0.15, -0.1) is 0 Å². The monoisotopic (exact) mass is 243 g/mol. The van der Waals surface area contributed by atoms with E-state index in [1.165, 1.54) is 12.1 Å². The fourth-order valence-electron chi connectivity index (χ4n) is 1.82. The standard InChI is InChI=1S/C13H13N3O2/c1-8-4-3-5-10(9(8)2)13-11(16(17)18)6-7-12(14)15-13/h3-7H,1-2H3,(H2,14,15). The highest BCUT2D eigenvalue weighted by atomic mass is 16.6. The van der Waals surface area contributed by atoms with Crippen molar-refractivity contribution in [3.63, 3.8) is 0 Å². The molecule has 0 aliphatic carbocycles. The van der Waals surface area contributed by atoms with Crippen LogP contribution in [0.4, 0.5) is 11.5 Å². The molecule has 5 heteroatoms. The number of hydrogen-bond donors (Lipinski definition) is 1. The number of nitrogens with two attached hydrogens (primary N) is 1. The van der Waals surface area contributed by atoms with Crippen LogP contribution in [0.15, 0.2) is 30.3 Å². The number of nitrogens with zero attached hydrogens (tertiary/aromatic N) is 2. The lowest BCUT2D eigenvalue weighted by molar-refractivity contribution is -0.384. The van der Waals surface area contributed by atoms with Crippen LogP contribution in [0.2, 0.25) is 0 Å². The molecule has 0 spiro atoms. The fourth-order valence-corrected chi connectivity index (χ4v) is 1.82. The lowest BCUT2D eigenvalue weighted by Gasteiger charge is -2.08. The normalized spacial score (nSPS) is 10.3. The van der Waals surface area contributed by atoms with Crippen molar-refractivity contribution >= 4 is 11.5 Å². The maximum absolute atomic E-state index is 11.0. The van der Waals surface area contributed by atoms with Crippen molar-refractivity contribution in [2.45, 2.75) is 13.8 Å². The fraction of sp³-hybridized carbons (Fsp3) is 0.154. The first-order chi connectivity index (χ1) is 8.50. The van der Waals surface area contributed by atoms with Gasteiger partial charge in [0.05, 0.1) is 4.92 Å². The van der Waals surface area contributed by atoms with Gasteiger partial charge in [-0.3, -0.25) is 10.1 Å². The molecule has 0 amide bonds. The van der Waals surface area contributed by atoms with Crippen molar-refractivity contribution in [2.24, 2.45) is 0 Å². The molecular formula is C13H13N3O2. The molecule has 0 aliphatic rings. The van der Waals surface area contributed by atoms with Crippen molar-refractivity contribution in [3.05, 3.63) is 51.6 Å². The van der Waals surface area contributed by atoms with Crippen molar-refractivity contribution in [3.8, 4) is 11.3 Å². The zero-order valence-corrected chi connectivity index (χ0v) is 10.2. The van der Waals surface area contributed by atoms with Crippen LogP contribution in [0.5, 0.6) is 0 Å². The molecule has 2 N–H and O–H groups in total. The van der Waals surface area contributed by atoms with Crippen molar-refractivity contribution < 1.29 is 4.92 Å². The molecule has 0 atom stereocenters. The number of rotatable bonds is 2. The highest BCUT2D eigenvalue weighted by Gasteiger charge is 2.19. The zero-order chi connectivity index (χ0) is 13.3. The van der Waals surface area contributed by atoms with Gasteiger partial charge in [-0.05, 0) is 31.0 Å². The van der Waals surface area contributed by atoms with Crippen LogP contribution in [-0.4, -0.2) is 9.91 Å². The van der Waals surface area contributed by atoms with E-state index in [4.69, 9.17) is 5.73 Å². The summed E-state index contributed by atoms with van der Waals surface area (Å²) in [6.07, 6.45) is 0. The summed E-state index contributed by atoms with van der Waals surface area (Å²) in [6, 6.07) is 8.45. The highest BCUT2D eigenvalue weighted by molar-refractivity contribution is 5.74. The number of aryl methyl sites for hydroxylation is 1. The number of nitrogen functional groups attached to an aromatic ring is 1. The van der Waals surface area contributed by atoms with E-state index in [1.54, 1.807) is 0 Å². The Morgan fingerprint density at radius 1 is 1.22 bits per heavy atom. The third-order valence-electron chi connectivity index (χ3n) is 2.95. The van der Waals surface area contributed by atoms with E-state index >= 15 is 0 Å². The number of hydrogen-bond acceptors (Lipinski definition) is 4. The van der Waals surface area contributed by atoms with E-state index in [-0.39, 0.29) is 11.5 Å². The summed E-state index contributed by atoms with van der Waals surface area (Å²) >= 11 is 0. The largest absolute Gasteiger partial charge is 0.384 e. The summed E-state index contributed by atoms with van der Waals surface area (Å²) in [7, 11) is 0. The van der Waals surface area contributed by atoms with Crippen LogP contribution in [0.1, 0.15) is 11.1 Å². The molecule has 0 fully saturated rings. The minimum atomic E-state index is -0.441.